The predicted molar refractivity (Wildman–Crippen MR) is 114 cm³/mol. The molecule has 1 fully saturated rings. The van der Waals surface area contributed by atoms with Gasteiger partial charge in [-0.15, -0.1) is 5.01 Å². The van der Waals surface area contributed by atoms with Crippen molar-refractivity contribution >= 4 is 22.4 Å². The van der Waals surface area contributed by atoms with Crippen LogP contribution in [0.5, 0.6) is 5.75 Å². The summed E-state index contributed by atoms with van der Waals surface area (Å²) in [5, 5.41) is 2.58. The third-order valence-electron chi connectivity index (χ3n) is 6.57. The van der Waals surface area contributed by atoms with Crippen LogP contribution in [0.2, 0.25) is 0 Å². The lowest BCUT2D eigenvalue weighted by molar-refractivity contribution is -0.659. The van der Waals surface area contributed by atoms with Gasteiger partial charge in [0, 0.05) is 29.5 Å². The number of pyridine rings is 1. The first-order valence-electron chi connectivity index (χ1n) is 10.7. The maximum Gasteiger partial charge on any atom is 0.387 e. The molecule has 0 unspecified atom stereocenters. The number of aromatic nitrogens is 1. The van der Waals surface area contributed by atoms with E-state index >= 15 is 0 Å². The summed E-state index contributed by atoms with van der Waals surface area (Å²) >= 11 is 0. The van der Waals surface area contributed by atoms with Crippen molar-refractivity contribution in [3.63, 3.8) is 0 Å². The second-order valence-corrected chi connectivity index (χ2v) is 8.38. The minimum absolute atomic E-state index is 0.102. The van der Waals surface area contributed by atoms with Gasteiger partial charge >= 0.3 is 6.61 Å². The molecule has 0 amide bonds. The number of benzene rings is 2. The summed E-state index contributed by atoms with van der Waals surface area (Å²) in [5.74, 6) is 0.556. The molecule has 0 spiro atoms. The Hall–Kier alpha value is -3.37. The van der Waals surface area contributed by atoms with E-state index < -0.39 is 6.61 Å². The Morgan fingerprint density at radius 2 is 2.03 bits per heavy atom. The summed E-state index contributed by atoms with van der Waals surface area (Å²) in [6, 6.07) is 9.87. The standard InChI is InChI=1S/C23H21F2N4O4/c24-23(25)33-14-2-3-15-12(7-14)8-20-21(15)28(5-6-32-20)29(30)13-1-4-19-16(9-13)17-10-31-11-18(17)22(26)27-19/h1-4,7,9,20-21,23H,5-6,8,10-11H2,(H2,26,27)/q+1/t20-,21+/m1/s1. The maximum atomic E-state index is 13.6. The molecule has 33 heavy (non-hydrogen) atoms. The predicted octanol–water partition coefficient (Wildman–Crippen LogP) is 3.77. The fourth-order valence-corrected chi connectivity index (χ4v) is 5.12. The fraction of sp³-hybridized carbons (Fsp3) is 0.348. The number of nitrogen functional groups attached to an aromatic ring is 1. The lowest BCUT2D eigenvalue weighted by Crippen LogP contribution is -2.46. The Balaban J connectivity index is 1.35. The largest absolute Gasteiger partial charge is 0.435 e. The Bertz CT molecular complexity index is 1290. The van der Waals surface area contributed by atoms with Crippen molar-refractivity contribution in [2.24, 2.45) is 0 Å². The number of halogens is 2. The van der Waals surface area contributed by atoms with Gasteiger partial charge in [-0.25, -0.2) is 4.98 Å². The first-order valence-corrected chi connectivity index (χ1v) is 10.7. The zero-order valence-corrected chi connectivity index (χ0v) is 17.5. The van der Waals surface area contributed by atoms with E-state index in [4.69, 9.17) is 15.2 Å². The number of anilines is 1. The highest BCUT2D eigenvalue weighted by Crippen LogP contribution is 2.43. The van der Waals surface area contributed by atoms with Crippen molar-refractivity contribution in [3.05, 3.63) is 63.6 Å². The van der Waals surface area contributed by atoms with Crippen molar-refractivity contribution < 1.29 is 27.9 Å². The molecule has 3 aromatic rings. The van der Waals surface area contributed by atoms with Crippen LogP contribution in [0.3, 0.4) is 0 Å². The second-order valence-electron chi connectivity index (χ2n) is 8.38. The molecule has 1 saturated heterocycles. The summed E-state index contributed by atoms with van der Waals surface area (Å²) in [6.07, 6.45) is 0.280. The Kier molecular flexibility index (Phi) is 4.66. The number of nitrogens with two attached hydrogens (primary N) is 1. The zero-order chi connectivity index (χ0) is 22.7. The topological polar surface area (TPSA) is 89.9 Å². The highest BCUT2D eigenvalue weighted by atomic mass is 19.3. The van der Waals surface area contributed by atoms with E-state index in [0.29, 0.717) is 49.8 Å². The van der Waals surface area contributed by atoms with E-state index in [9.17, 15) is 13.7 Å². The van der Waals surface area contributed by atoms with Crippen molar-refractivity contribution in [2.45, 2.75) is 38.4 Å². The van der Waals surface area contributed by atoms with E-state index in [-0.39, 0.29) is 17.9 Å². The van der Waals surface area contributed by atoms with Crippen LogP contribution in [0.1, 0.15) is 28.3 Å². The third-order valence-corrected chi connectivity index (χ3v) is 6.57. The molecule has 170 valence electrons. The SMILES string of the molecule is Nc1nc2ccc([N+](=O)N3CCO[C@@H]4Cc5cc(OC(F)F)ccc5[C@@H]43)cc2c2c1COC2. The molecular weight excluding hydrogens is 434 g/mol. The molecule has 2 atom stereocenters. The van der Waals surface area contributed by atoms with Crippen LogP contribution in [0.25, 0.3) is 10.9 Å². The molecule has 1 aliphatic carbocycles. The summed E-state index contributed by atoms with van der Waals surface area (Å²) < 4.78 is 41.3. The summed E-state index contributed by atoms with van der Waals surface area (Å²) in [7, 11) is 0. The number of fused-ring (bicyclic) bond motifs is 6. The van der Waals surface area contributed by atoms with Gasteiger partial charge in [0.15, 0.2) is 4.87 Å². The van der Waals surface area contributed by atoms with Crippen molar-refractivity contribution in [1.82, 2.24) is 9.99 Å². The summed E-state index contributed by atoms with van der Waals surface area (Å²) in [6.45, 7) is -1.25. The minimum atomic E-state index is -2.89. The molecular formula is C23H21F2N4O4+. The van der Waals surface area contributed by atoms with Crippen LogP contribution in [-0.2, 0) is 29.1 Å². The van der Waals surface area contributed by atoms with Gasteiger partial charge in [0.1, 0.15) is 24.2 Å². The van der Waals surface area contributed by atoms with Gasteiger partial charge in [0.25, 0.3) is 5.69 Å². The molecule has 6 rings (SSSR count). The number of morpholine rings is 1. The van der Waals surface area contributed by atoms with Crippen LogP contribution >= 0.6 is 0 Å². The van der Waals surface area contributed by atoms with Crippen LogP contribution in [0.4, 0.5) is 20.3 Å². The molecule has 0 radical (unpaired) electrons. The number of hydrogen-bond donors (Lipinski definition) is 1. The number of nitrogens with zero attached hydrogens (tertiary/aromatic N) is 3. The number of ether oxygens (including phenoxy) is 3. The first kappa shape index (κ1) is 20.3. The third kappa shape index (κ3) is 3.28. The number of hydrogen-bond acceptors (Lipinski definition) is 6. The zero-order valence-electron chi connectivity index (χ0n) is 17.5. The van der Waals surface area contributed by atoms with Crippen LogP contribution in [0.15, 0.2) is 36.4 Å². The van der Waals surface area contributed by atoms with Gasteiger partial charge in [0.2, 0.25) is 0 Å². The lowest BCUT2D eigenvalue weighted by atomic mass is 10.0. The van der Waals surface area contributed by atoms with Gasteiger partial charge in [-0.05, 0) is 34.9 Å². The number of nitroso groups, excluding NO2 is 1. The van der Waals surface area contributed by atoms with E-state index in [0.717, 1.165) is 32.5 Å². The molecule has 10 heteroatoms. The number of rotatable bonds is 4. The molecule has 3 aliphatic rings. The molecule has 1 aromatic heterocycles. The van der Waals surface area contributed by atoms with Crippen LogP contribution in [-0.4, -0.2) is 40.7 Å². The van der Waals surface area contributed by atoms with E-state index in [2.05, 4.69) is 9.72 Å². The Morgan fingerprint density at radius 1 is 1.18 bits per heavy atom. The highest BCUT2D eigenvalue weighted by molar-refractivity contribution is 5.87. The van der Waals surface area contributed by atoms with Crippen LogP contribution < -0.4 is 10.5 Å². The molecule has 2 aliphatic heterocycles. The highest BCUT2D eigenvalue weighted by Gasteiger charge is 2.47. The number of alkyl halides is 2. The average Bonchev–Trinajstić information content (AvgIpc) is 3.43. The smallest absolute Gasteiger partial charge is 0.387 e. The number of hydrazine groups is 1. The monoisotopic (exact) mass is 455 g/mol. The van der Waals surface area contributed by atoms with Crippen LogP contribution in [0, 0.1) is 4.91 Å². The molecule has 8 nitrogen and oxygen atoms in total. The maximum absolute atomic E-state index is 13.6. The Morgan fingerprint density at radius 3 is 2.88 bits per heavy atom. The van der Waals surface area contributed by atoms with Gasteiger partial charge in [-0.2, -0.15) is 8.78 Å². The average molecular weight is 455 g/mol. The van der Waals surface area contributed by atoms with Gasteiger partial charge < -0.3 is 19.9 Å². The van der Waals surface area contributed by atoms with E-state index in [1.807, 2.05) is 6.07 Å². The van der Waals surface area contributed by atoms with Gasteiger partial charge in [-0.1, -0.05) is 6.07 Å². The second kappa shape index (κ2) is 7.60. The van der Waals surface area contributed by atoms with Crippen molar-refractivity contribution in [3.8, 4) is 5.75 Å². The van der Waals surface area contributed by atoms with E-state index in [1.54, 1.807) is 29.3 Å². The lowest BCUT2D eigenvalue weighted by Gasteiger charge is -2.31. The van der Waals surface area contributed by atoms with Crippen molar-refractivity contribution in [2.75, 3.05) is 18.9 Å². The van der Waals surface area contributed by atoms with Gasteiger partial charge in [-0.3, -0.25) is 0 Å². The first-order chi connectivity index (χ1) is 16.0. The molecule has 3 heterocycles. The molecule has 0 bridgehead atoms. The Labute approximate surface area is 187 Å². The minimum Gasteiger partial charge on any atom is -0.435 e. The van der Waals surface area contributed by atoms with Crippen molar-refractivity contribution in [1.29, 1.82) is 0 Å². The van der Waals surface area contributed by atoms with Gasteiger partial charge in [0.05, 0.1) is 36.3 Å². The molecule has 0 saturated carbocycles. The molecule has 2 N–H and O–H groups in total. The molecule has 2 aromatic carbocycles. The quantitative estimate of drug-likeness (QED) is 0.599. The normalized spacial score (nSPS) is 21.2. The summed E-state index contributed by atoms with van der Waals surface area (Å²) in [5.41, 5.74) is 10.8. The fourth-order valence-electron chi connectivity index (χ4n) is 5.12. The van der Waals surface area contributed by atoms with E-state index in [1.165, 1.54) is 6.07 Å². The summed E-state index contributed by atoms with van der Waals surface area (Å²) in [4.78, 5) is 18.9.